The summed E-state index contributed by atoms with van der Waals surface area (Å²) in [5.74, 6) is -0.671. The number of rotatable bonds is 6. The Morgan fingerprint density at radius 1 is 1.17 bits per heavy atom. The fraction of sp³-hybridized carbons (Fsp3) is 0.176. The number of nitrogens with zero attached hydrogens (tertiary/aromatic N) is 1. The monoisotopic (exact) mass is 344 g/mol. The lowest BCUT2D eigenvalue weighted by Gasteiger charge is -2.09. The van der Waals surface area contributed by atoms with Crippen molar-refractivity contribution in [2.75, 3.05) is 6.54 Å². The number of sulfonamides is 1. The van der Waals surface area contributed by atoms with Crippen LogP contribution in [0.4, 0.5) is 0 Å². The van der Waals surface area contributed by atoms with Gasteiger partial charge >= 0.3 is 5.97 Å². The molecule has 1 N–H and O–H groups in total. The van der Waals surface area contributed by atoms with E-state index in [2.05, 4.69) is 4.72 Å². The summed E-state index contributed by atoms with van der Waals surface area (Å²) in [6.07, 6.45) is 0. The molecular weight excluding hydrogens is 328 g/mol. The molecule has 0 aliphatic rings. The Morgan fingerprint density at radius 3 is 2.46 bits per heavy atom. The van der Waals surface area contributed by atoms with Crippen molar-refractivity contribution in [1.82, 2.24) is 4.72 Å². The van der Waals surface area contributed by atoms with Gasteiger partial charge < -0.3 is 4.74 Å². The number of nitriles is 1. The maximum absolute atomic E-state index is 12.1. The first-order chi connectivity index (χ1) is 11.4. The van der Waals surface area contributed by atoms with E-state index in [1.54, 1.807) is 0 Å². The lowest BCUT2D eigenvalue weighted by Crippen LogP contribution is -2.30. The van der Waals surface area contributed by atoms with E-state index in [4.69, 9.17) is 10.00 Å². The highest BCUT2D eigenvalue weighted by Crippen LogP contribution is 2.10. The Kier molecular flexibility index (Phi) is 5.68. The first-order valence-electron chi connectivity index (χ1n) is 7.12. The van der Waals surface area contributed by atoms with Crippen molar-refractivity contribution < 1.29 is 17.9 Å². The third-order valence-electron chi connectivity index (χ3n) is 3.35. The molecule has 0 unspecified atom stereocenters. The molecule has 0 fully saturated rings. The van der Waals surface area contributed by atoms with Gasteiger partial charge in [0.1, 0.15) is 13.2 Å². The number of carbonyl (C=O) groups is 1. The molecule has 0 aromatic heterocycles. The number of nitrogens with one attached hydrogen (secondary N) is 1. The summed E-state index contributed by atoms with van der Waals surface area (Å²) < 4.78 is 31.4. The van der Waals surface area contributed by atoms with Crippen molar-refractivity contribution in [3.63, 3.8) is 0 Å². The minimum atomic E-state index is -3.83. The van der Waals surface area contributed by atoms with Crippen molar-refractivity contribution in [2.24, 2.45) is 0 Å². The van der Waals surface area contributed by atoms with Gasteiger partial charge in [0, 0.05) is 0 Å². The van der Waals surface area contributed by atoms with Crippen LogP contribution >= 0.6 is 0 Å². The lowest BCUT2D eigenvalue weighted by atomic mass is 10.1. The number of esters is 1. The second-order valence-electron chi connectivity index (χ2n) is 5.05. The van der Waals surface area contributed by atoms with Crippen LogP contribution in [0.1, 0.15) is 16.7 Å². The predicted molar refractivity (Wildman–Crippen MR) is 87.3 cm³/mol. The van der Waals surface area contributed by atoms with Crippen molar-refractivity contribution in [1.29, 1.82) is 5.26 Å². The SMILES string of the molecule is Cc1ccccc1COC(=O)CNS(=O)(=O)c1ccc(C#N)cc1. The summed E-state index contributed by atoms with van der Waals surface area (Å²) in [5.41, 5.74) is 2.20. The summed E-state index contributed by atoms with van der Waals surface area (Å²) in [6, 6.07) is 14.8. The van der Waals surface area contributed by atoms with E-state index >= 15 is 0 Å². The van der Waals surface area contributed by atoms with Crippen LogP contribution in [-0.2, 0) is 26.2 Å². The lowest BCUT2D eigenvalue weighted by molar-refractivity contribution is -0.143. The normalized spacial score (nSPS) is 10.8. The van der Waals surface area contributed by atoms with Gasteiger partial charge in [0.25, 0.3) is 0 Å². The number of ether oxygens (including phenoxy) is 1. The number of hydrogen-bond donors (Lipinski definition) is 1. The highest BCUT2D eigenvalue weighted by atomic mass is 32.2. The van der Waals surface area contributed by atoms with Gasteiger partial charge in [-0.2, -0.15) is 9.98 Å². The summed E-state index contributed by atoms with van der Waals surface area (Å²) in [5, 5.41) is 8.70. The molecule has 2 rings (SSSR count). The fourth-order valence-corrected chi connectivity index (χ4v) is 2.90. The molecular formula is C17H16N2O4S. The molecule has 0 spiro atoms. The maximum atomic E-state index is 12.1. The molecule has 0 saturated carbocycles. The Morgan fingerprint density at radius 2 is 1.83 bits per heavy atom. The second-order valence-corrected chi connectivity index (χ2v) is 6.81. The predicted octanol–water partition coefficient (Wildman–Crippen LogP) is 1.89. The molecule has 2 aromatic rings. The molecule has 6 nitrogen and oxygen atoms in total. The van der Waals surface area contributed by atoms with Crippen LogP contribution in [0.3, 0.4) is 0 Å². The largest absolute Gasteiger partial charge is 0.460 e. The molecule has 7 heteroatoms. The van der Waals surface area contributed by atoms with E-state index < -0.39 is 22.5 Å². The number of benzene rings is 2. The molecule has 0 radical (unpaired) electrons. The highest BCUT2D eigenvalue weighted by Gasteiger charge is 2.16. The van der Waals surface area contributed by atoms with E-state index in [1.165, 1.54) is 24.3 Å². The van der Waals surface area contributed by atoms with Gasteiger partial charge in [-0.1, -0.05) is 24.3 Å². The average molecular weight is 344 g/mol. The van der Waals surface area contributed by atoms with E-state index in [0.717, 1.165) is 11.1 Å². The first-order valence-corrected chi connectivity index (χ1v) is 8.60. The minimum Gasteiger partial charge on any atom is -0.460 e. The first kappa shape index (κ1) is 17.7. The minimum absolute atomic E-state index is 0.0202. The van der Waals surface area contributed by atoms with Gasteiger partial charge in [-0.3, -0.25) is 4.79 Å². The van der Waals surface area contributed by atoms with Gasteiger partial charge in [0.15, 0.2) is 0 Å². The highest BCUT2D eigenvalue weighted by molar-refractivity contribution is 7.89. The summed E-state index contributed by atoms with van der Waals surface area (Å²) >= 11 is 0. The second kappa shape index (κ2) is 7.73. The Bertz CT molecular complexity index is 868. The van der Waals surface area contributed by atoms with Crippen molar-refractivity contribution in [3.8, 4) is 6.07 Å². The van der Waals surface area contributed by atoms with Crippen LogP contribution in [0, 0.1) is 18.3 Å². The van der Waals surface area contributed by atoms with E-state index in [0.29, 0.717) is 5.56 Å². The third-order valence-corrected chi connectivity index (χ3v) is 4.77. The molecule has 0 atom stereocenters. The third kappa shape index (κ3) is 4.65. The topological polar surface area (TPSA) is 96.3 Å². The van der Waals surface area contributed by atoms with E-state index in [1.807, 2.05) is 37.3 Å². The van der Waals surface area contributed by atoms with Gasteiger partial charge in [-0.25, -0.2) is 8.42 Å². The van der Waals surface area contributed by atoms with Crippen LogP contribution in [0.5, 0.6) is 0 Å². The van der Waals surface area contributed by atoms with Crippen molar-refractivity contribution >= 4 is 16.0 Å². The van der Waals surface area contributed by atoms with Crippen molar-refractivity contribution in [2.45, 2.75) is 18.4 Å². The Hall–Kier alpha value is -2.69. The summed E-state index contributed by atoms with van der Waals surface area (Å²) in [7, 11) is -3.83. The van der Waals surface area contributed by atoms with E-state index in [9.17, 15) is 13.2 Å². The zero-order chi connectivity index (χ0) is 17.6. The van der Waals surface area contributed by atoms with Gasteiger partial charge in [0.05, 0.1) is 16.5 Å². The average Bonchev–Trinajstić information content (AvgIpc) is 2.59. The van der Waals surface area contributed by atoms with Gasteiger partial charge in [-0.05, 0) is 42.3 Å². The summed E-state index contributed by atoms with van der Waals surface area (Å²) in [4.78, 5) is 11.7. The number of aryl methyl sites for hydroxylation is 1. The van der Waals surface area contributed by atoms with Crippen LogP contribution in [0.25, 0.3) is 0 Å². The molecule has 0 amide bonds. The molecule has 124 valence electrons. The fourth-order valence-electron chi connectivity index (χ4n) is 1.93. The van der Waals surface area contributed by atoms with Crippen LogP contribution in [-0.4, -0.2) is 20.9 Å². The smallest absolute Gasteiger partial charge is 0.321 e. The molecule has 0 heterocycles. The number of hydrogen-bond acceptors (Lipinski definition) is 5. The zero-order valence-corrected chi connectivity index (χ0v) is 13.8. The van der Waals surface area contributed by atoms with Gasteiger partial charge in [0.2, 0.25) is 10.0 Å². The van der Waals surface area contributed by atoms with Crippen LogP contribution < -0.4 is 4.72 Å². The molecule has 2 aromatic carbocycles. The molecule has 0 bridgehead atoms. The summed E-state index contributed by atoms with van der Waals surface area (Å²) in [6.45, 7) is 1.52. The number of carbonyl (C=O) groups excluding carboxylic acids is 1. The van der Waals surface area contributed by atoms with Crippen LogP contribution in [0.15, 0.2) is 53.4 Å². The molecule has 0 saturated heterocycles. The molecule has 0 aliphatic heterocycles. The van der Waals surface area contributed by atoms with Crippen molar-refractivity contribution in [3.05, 3.63) is 65.2 Å². The van der Waals surface area contributed by atoms with Gasteiger partial charge in [-0.15, -0.1) is 0 Å². The Labute approximate surface area is 140 Å². The standard InChI is InChI=1S/C17H16N2O4S/c1-13-4-2-3-5-15(13)12-23-17(20)11-19-24(21,22)16-8-6-14(10-18)7-9-16/h2-9,19H,11-12H2,1H3. The van der Waals surface area contributed by atoms with Crippen LogP contribution in [0.2, 0.25) is 0 Å². The quantitative estimate of drug-likeness (QED) is 0.807. The van der Waals surface area contributed by atoms with E-state index in [-0.39, 0.29) is 11.5 Å². The Balaban J connectivity index is 1.90. The maximum Gasteiger partial charge on any atom is 0.321 e. The zero-order valence-electron chi connectivity index (χ0n) is 13.0. The molecule has 24 heavy (non-hydrogen) atoms. The molecule has 0 aliphatic carbocycles.